The van der Waals surface area contributed by atoms with E-state index in [0.29, 0.717) is 0 Å². The fourth-order valence-electron chi connectivity index (χ4n) is 2.30. The molecule has 2 nitrogen and oxygen atoms in total. The Kier molecular flexibility index (Phi) is 4.89. The van der Waals surface area contributed by atoms with E-state index in [1.165, 1.54) is 5.56 Å². The summed E-state index contributed by atoms with van der Waals surface area (Å²) >= 11 is 3.50. The quantitative estimate of drug-likeness (QED) is 0.763. The lowest BCUT2D eigenvalue weighted by Gasteiger charge is -2.19. The summed E-state index contributed by atoms with van der Waals surface area (Å²) in [6, 6.07) is 8.32. The van der Waals surface area contributed by atoms with Gasteiger partial charge in [0.25, 0.3) is 0 Å². The van der Waals surface area contributed by atoms with E-state index in [9.17, 15) is 4.79 Å². The second-order valence-corrected chi connectivity index (χ2v) is 6.25. The van der Waals surface area contributed by atoms with Crippen LogP contribution in [0.2, 0.25) is 0 Å². The van der Waals surface area contributed by atoms with E-state index in [-0.39, 0.29) is 5.78 Å². The highest BCUT2D eigenvalue weighted by Gasteiger charge is 2.03. The van der Waals surface area contributed by atoms with E-state index in [2.05, 4.69) is 57.5 Å². The minimum absolute atomic E-state index is 0.0375. The Bertz CT molecular complexity index is 760. The first-order chi connectivity index (χ1) is 11.2. The van der Waals surface area contributed by atoms with Gasteiger partial charge in [0, 0.05) is 23.4 Å². The summed E-state index contributed by atoms with van der Waals surface area (Å²) < 4.78 is 1.10. The van der Waals surface area contributed by atoms with E-state index in [4.69, 9.17) is 0 Å². The van der Waals surface area contributed by atoms with Crippen LogP contribution < -0.4 is 0 Å². The van der Waals surface area contributed by atoms with Crippen LogP contribution in [0.25, 0.3) is 0 Å². The van der Waals surface area contributed by atoms with Crippen LogP contribution in [0.4, 0.5) is 0 Å². The number of allylic oxidation sites excluding steroid dienone is 10. The van der Waals surface area contributed by atoms with Crippen molar-refractivity contribution in [3.63, 3.8) is 0 Å². The third-order valence-corrected chi connectivity index (χ3v) is 4.01. The van der Waals surface area contributed by atoms with Crippen molar-refractivity contribution in [2.24, 2.45) is 0 Å². The van der Waals surface area contributed by atoms with Gasteiger partial charge in [0.05, 0.1) is 0 Å². The molecular weight excluding hydrogens is 350 g/mol. The lowest BCUT2D eigenvalue weighted by Crippen LogP contribution is -2.11. The van der Waals surface area contributed by atoms with Crippen LogP contribution in [0.3, 0.4) is 0 Å². The molecule has 1 aliphatic carbocycles. The maximum Gasteiger partial charge on any atom is 0.178 e. The van der Waals surface area contributed by atoms with Gasteiger partial charge in [-0.2, -0.15) is 0 Å². The number of hydrogen-bond donors (Lipinski definition) is 0. The Hall–Kier alpha value is -2.39. The molecule has 0 spiro atoms. The first kappa shape index (κ1) is 15.5. The molecule has 0 radical (unpaired) electrons. The van der Waals surface area contributed by atoms with Gasteiger partial charge in [-0.3, -0.25) is 4.79 Å². The summed E-state index contributed by atoms with van der Waals surface area (Å²) in [5.41, 5.74) is 3.41. The van der Waals surface area contributed by atoms with Crippen molar-refractivity contribution in [2.75, 3.05) is 0 Å². The molecule has 23 heavy (non-hydrogen) atoms. The van der Waals surface area contributed by atoms with E-state index in [1.807, 2.05) is 36.4 Å². The van der Waals surface area contributed by atoms with Crippen molar-refractivity contribution < 1.29 is 4.79 Å². The number of rotatable bonds is 3. The minimum Gasteiger partial charge on any atom is -0.350 e. The Morgan fingerprint density at radius 1 is 0.913 bits per heavy atom. The van der Waals surface area contributed by atoms with Gasteiger partial charge in [0.2, 0.25) is 0 Å². The molecule has 114 valence electrons. The van der Waals surface area contributed by atoms with Crippen LogP contribution in [0.5, 0.6) is 0 Å². The van der Waals surface area contributed by atoms with Crippen LogP contribution >= 0.6 is 15.9 Å². The zero-order chi connectivity index (χ0) is 16.1. The molecule has 1 aliphatic heterocycles. The van der Waals surface area contributed by atoms with E-state index >= 15 is 0 Å². The van der Waals surface area contributed by atoms with E-state index in [0.717, 1.165) is 22.2 Å². The van der Waals surface area contributed by atoms with Crippen molar-refractivity contribution >= 4 is 21.7 Å². The number of halogens is 1. The first-order valence-electron chi connectivity index (χ1n) is 7.38. The lowest BCUT2D eigenvalue weighted by atomic mass is 10.1. The van der Waals surface area contributed by atoms with Gasteiger partial charge in [-0.1, -0.05) is 52.4 Å². The van der Waals surface area contributed by atoms with Gasteiger partial charge in [-0.05, 0) is 53.1 Å². The van der Waals surface area contributed by atoms with E-state index in [1.54, 1.807) is 12.2 Å². The molecule has 0 bridgehead atoms. The fraction of sp³-hybridized carbons (Fsp3) is 0.0500. The van der Waals surface area contributed by atoms with Gasteiger partial charge in [0.15, 0.2) is 5.78 Å². The van der Waals surface area contributed by atoms with Crippen molar-refractivity contribution in [1.29, 1.82) is 0 Å². The number of nitrogens with zero attached hydrogens (tertiary/aromatic N) is 1. The maximum atomic E-state index is 11.1. The summed E-state index contributed by atoms with van der Waals surface area (Å²) in [6.07, 6.45) is 19.2. The average Bonchev–Trinajstić information content (AvgIpc) is 2.56. The predicted octanol–water partition coefficient (Wildman–Crippen LogP) is 4.84. The second kappa shape index (κ2) is 7.25. The third kappa shape index (κ3) is 4.54. The van der Waals surface area contributed by atoms with Crippen molar-refractivity contribution in [3.05, 3.63) is 106 Å². The summed E-state index contributed by atoms with van der Waals surface area (Å²) in [5.74, 6) is 0.0375. The molecule has 0 amide bonds. The van der Waals surface area contributed by atoms with Gasteiger partial charge in [-0.15, -0.1) is 0 Å². The maximum absolute atomic E-state index is 11.1. The number of benzene rings is 1. The lowest BCUT2D eigenvalue weighted by molar-refractivity contribution is -0.110. The van der Waals surface area contributed by atoms with Crippen molar-refractivity contribution in [1.82, 2.24) is 4.90 Å². The summed E-state index contributed by atoms with van der Waals surface area (Å²) in [7, 11) is 0. The van der Waals surface area contributed by atoms with Gasteiger partial charge < -0.3 is 4.90 Å². The smallest absolute Gasteiger partial charge is 0.178 e. The highest BCUT2D eigenvalue weighted by molar-refractivity contribution is 9.10. The molecule has 2 aliphatic rings. The van der Waals surface area contributed by atoms with Crippen molar-refractivity contribution in [2.45, 2.75) is 6.54 Å². The van der Waals surface area contributed by atoms with Gasteiger partial charge >= 0.3 is 0 Å². The number of ketones is 1. The molecule has 3 heteroatoms. The Morgan fingerprint density at radius 3 is 2.22 bits per heavy atom. The van der Waals surface area contributed by atoms with Crippen LogP contribution in [0.15, 0.2) is 101 Å². The summed E-state index contributed by atoms with van der Waals surface area (Å²) in [5, 5.41) is 0. The second-order valence-electron chi connectivity index (χ2n) is 5.34. The van der Waals surface area contributed by atoms with Crippen LogP contribution in [0.1, 0.15) is 5.56 Å². The third-order valence-electron chi connectivity index (χ3n) is 3.52. The topological polar surface area (TPSA) is 20.3 Å². The first-order valence-corrected chi connectivity index (χ1v) is 8.17. The molecule has 1 aromatic rings. The molecule has 0 atom stereocenters. The minimum atomic E-state index is 0.0375. The monoisotopic (exact) mass is 365 g/mol. The zero-order valence-corrected chi connectivity index (χ0v) is 14.1. The van der Waals surface area contributed by atoms with Crippen LogP contribution in [-0.4, -0.2) is 10.7 Å². The zero-order valence-electron chi connectivity index (χ0n) is 12.5. The molecule has 1 heterocycles. The highest BCUT2D eigenvalue weighted by atomic mass is 79.9. The molecule has 0 fully saturated rings. The van der Waals surface area contributed by atoms with Crippen LogP contribution in [0, 0.1) is 0 Å². The number of carbonyl (C=O) groups excluding carboxylic acids is 1. The fourth-order valence-corrected chi connectivity index (χ4v) is 2.75. The predicted molar refractivity (Wildman–Crippen MR) is 97.4 cm³/mol. The molecule has 0 saturated heterocycles. The van der Waals surface area contributed by atoms with Crippen LogP contribution in [-0.2, 0) is 11.3 Å². The molecule has 0 N–H and O–H groups in total. The molecule has 1 aromatic carbocycles. The average molecular weight is 366 g/mol. The Morgan fingerprint density at radius 2 is 1.57 bits per heavy atom. The summed E-state index contributed by atoms with van der Waals surface area (Å²) in [4.78, 5) is 13.2. The molecular formula is C20H16BrNO. The molecule has 3 rings (SSSR count). The highest BCUT2D eigenvalue weighted by Crippen LogP contribution is 2.17. The van der Waals surface area contributed by atoms with Gasteiger partial charge in [-0.25, -0.2) is 0 Å². The SMILES string of the molecule is O=C1C=CC(=CC=C2C=CN(Cc3cccc(Br)c3)C=C2)C=C1. The normalized spacial score (nSPS) is 16.2. The molecule has 0 aromatic heterocycles. The number of hydrogen-bond acceptors (Lipinski definition) is 2. The van der Waals surface area contributed by atoms with E-state index < -0.39 is 0 Å². The number of carbonyl (C=O) groups is 1. The Labute approximate surface area is 144 Å². The summed E-state index contributed by atoms with van der Waals surface area (Å²) in [6.45, 7) is 0.842. The Balaban J connectivity index is 1.62. The van der Waals surface area contributed by atoms with Gasteiger partial charge in [0.1, 0.15) is 0 Å². The molecule has 0 saturated carbocycles. The molecule has 0 unspecified atom stereocenters. The largest absolute Gasteiger partial charge is 0.350 e. The standard InChI is InChI=1S/C20H16BrNO/c21-19-3-1-2-18(14-19)15-22-12-10-17(11-13-22)5-4-16-6-8-20(23)9-7-16/h1-14H,15H2. The van der Waals surface area contributed by atoms with Crippen molar-refractivity contribution in [3.8, 4) is 0 Å².